The second-order valence-corrected chi connectivity index (χ2v) is 9.10. The van der Waals surface area contributed by atoms with Crippen molar-refractivity contribution in [3.8, 4) is 0 Å². The maximum atomic E-state index is 12.8. The molecule has 2 saturated carbocycles. The molecular weight excluding hydrogens is 388 g/mol. The fourth-order valence-corrected chi connectivity index (χ4v) is 4.00. The lowest BCUT2D eigenvalue weighted by atomic mass is 9.68. The second kappa shape index (κ2) is 9.87. The third-order valence-corrected chi connectivity index (χ3v) is 5.96. The maximum Gasteiger partial charge on any atom is 0.305 e. The monoisotopic (exact) mass is 422 g/mol. The topological polar surface area (TPSA) is 118 Å². The van der Waals surface area contributed by atoms with Crippen molar-refractivity contribution in [3.05, 3.63) is 11.9 Å². The van der Waals surface area contributed by atoms with E-state index in [0.717, 1.165) is 19.3 Å². The van der Waals surface area contributed by atoms with Crippen molar-refractivity contribution in [1.29, 1.82) is 0 Å². The SMILES string of the molecule is CC(C)CN(CCC(=O)O)C(=O)C1CC(O)(c2cn(CCCOC3CCC3)nn2)C1. The van der Waals surface area contributed by atoms with Crippen LogP contribution in [0, 0.1) is 11.8 Å². The zero-order valence-electron chi connectivity index (χ0n) is 18.0. The molecule has 3 rings (SSSR count). The van der Waals surface area contributed by atoms with Crippen molar-refractivity contribution in [2.75, 3.05) is 19.7 Å². The Morgan fingerprint density at radius 1 is 1.37 bits per heavy atom. The summed E-state index contributed by atoms with van der Waals surface area (Å²) in [5.74, 6) is -1.08. The Kier molecular flexibility index (Phi) is 7.46. The summed E-state index contributed by atoms with van der Waals surface area (Å²) < 4.78 is 7.45. The summed E-state index contributed by atoms with van der Waals surface area (Å²) in [4.78, 5) is 25.3. The van der Waals surface area contributed by atoms with Crippen LogP contribution in [0.25, 0.3) is 0 Å². The van der Waals surface area contributed by atoms with E-state index in [9.17, 15) is 14.7 Å². The number of carbonyl (C=O) groups is 2. The summed E-state index contributed by atoms with van der Waals surface area (Å²) in [6, 6.07) is 0. The first-order chi connectivity index (χ1) is 14.3. The lowest BCUT2D eigenvalue weighted by molar-refractivity contribution is -0.155. The van der Waals surface area contributed by atoms with Crippen LogP contribution in [-0.2, 0) is 26.5 Å². The van der Waals surface area contributed by atoms with E-state index >= 15 is 0 Å². The molecule has 9 nitrogen and oxygen atoms in total. The smallest absolute Gasteiger partial charge is 0.305 e. The molecule has 30 heavy (non-hydrogen) atoms. The first kappa shape index (κ1) is 22.7. The zero-order chi connectivity index (χ0) is 21.7. The number of aliphatic hydroxyl groups is 1. The molecular formula is C21H34N4O5. The van der Waals surface area contributed by atoms with Gasteiger partial charge in [-0.15, -0.1) is 5.10 Å². The van der Waals surface area contributed by atoms with E-state index in [0.29, 0.717) is 31.5 Å². The van der Waals surface area contributed by atoms with Gasteiger partial charge in [-0.1, -0.05) is 19.1 Å². The van der Waals surface area contributed by atoms with Gasteiger partial charge in [0.15, 0.2) is 0 Å². The minimum Gasteiger partial charge on any atom is -0.481 e. The molecule has 0 atom stereocenters. The van der Waals surface area contributed by atoms with Gasteiger partial charge in [-0.05, 0) is 44.4 Å². The van der Waals surface area contributed by atoms with Gasteiger partial charge in [-0.25, -0.2) is 0 Å². The van der Waals surface area contributed by atoms with Crippen LogP contribution in [0.3, 0.4) is 0 Å². The maximum absolute atomic E-state index is 12.8. The van der Waals surface area contributed by atoms with Crippen molar-refractivity contribution in [1.82, 2.24) is 19.9 Å². The quantitative estimate of drug-likeness (QED) is 0.493. The molecule has 2 aliphatic rings. The Hall–Kier alpha value is -2.00. The Bertz CT molecular complexity index is 725. The largest absolute Gasteiger partial charge is 0.481 e. The van der Waals surface area contributed by atoms with Gasteiger partial charge in [0, 0.05) is 32.2 Å². The van der Waals surface area contributed by atoms with Crippen LogP contribution in [0.5, 0.6) is 0 Å². The summed E-state index contributed by atoms with van der Waals surface area (Å²) in [5.41, 5.74) is -0.649. The van der Waals surface area contributed by atoms with Gasteiger partial charge in [-0.3, -0.25) is 14.3 Å². The molecule has 0 unspecified atom stereocenters. The van der Waals surface area contributed by atoms with E-state index in [1.807, 2.05) is 13.8 Å². The molecule has 1 heterocycles. The highest BCUT2D eigenvalue weighted by atomic mass is 16.5. The van der Waals surface area contributed by atoms with E-state index in [2.05, 4.69) is 10.3 Å². The average molecular weight is 423 g/mol. The number of carboxylic acid groups (broad SMARTS) is 1. The zero-order valence-corrected chi connectivity index (χ0v) is 18.0. The molecule has 0 aromatic carbocycles. The third-order valence-electron chi connectivity index (χ3n) is 5.96. The van der Waals surface area contributed by atoms with Gasteiger partial charge >= 0.3 is 5.97 Å². The predicted molar refractivity (Wildman–Crippen MR) is 109 cm³/mol. The van der Waals surface area contributed by atoms with E-state index in [1.165, 1.54) is 6.42 Å². The van der Waals surface area contributed by atoms with Gasteiger partial charge in [0.2, 0.25) is 5.91 Å². The number of aliphatic carboxylic acids is 1. The second-order valence-electron chi connectivity index (χ2n) is 9.10. The molecule has 2 aliphatic carbocycles. The van der Waals surface area contributed by atoms with Gasteiger partial charge in [0.1, 0.15) is 11.3 Å². The van der Waals surface area contributed by atoms with Crippen LogP contribution in [-0.4, -0.2) is 67.8 Å². The van der Waals surface area contributed by atoms with Crippen molar-refractivity contribution >= 4 is 11.9 Å². The minimum absolute atomic E-state index is 0.0752. The lowest BCUT2D eigenvalue weighted by Crippen LogP contribution is -2.50. The minimum atomic E-state index is -1.14. The molecule has 0 radical (unpaired) electrons. The fourth-order valence-electron chi connectivity index (χ4n) is 4.00. The van der Waals surface area contributed by atoms with E-state index in [4.69, 9.17) is 9.84 Å². The summed E-state index contributed by atoms with van der Waals surface area (Å²) in [6.07, 6.45) is 7.09. The number of aromatic nitrogens is 3. The number of hydrogen-bond acceptors (Lipinski definition) is 6. The van der Waals surface area contributed by atoms with E-state index in [1.54, 1.807) is 15.8 Å². The summed E-state index contributed by atoms with van der Waals surface area (Å²) in [7, 11) is 0. The molecule has 0 bridgehead atoms. The molecule has 1 aromatic rings. The highest BCUT2D eigenvalue weighted by Crippen LogP contribution is 2.45. The summed E-state index contributed by atoms with van der Waals surface area (Å²) in [5, 5.41) is 28.0. The van der Waals surface area contributed by atoms with Gasteiger partial charge in [-0.2, -0.15) is 0 Å². The Balaban J connectivity index is 1.47. The van der Waals surface area contributed by atoms with Crippen molar-refractivity contribution in [2.45, 2.75) is 77.0 Å². The first-order valence-corrected chi connectivity index (χ1v) is 11.0. The number of ether oxygens (including phenoxy) is 1. The van der Waals surface area contributed by atoms with Gasteiger partial charge < -0.3 is 19.8 Å². The Labute approximate surface area is 177 Å². The van der Waals surface area contributed by atoms with E-state index in [-0.39, 0.29) is 43.6 Å². The average Bonchev–Trinajstić information content (AvgIpc) is 3.09. The summed E-state index contributed by atoms with van der Waals surface area (Å²) in [6.45, 7) is 6.07. The number of amides is 1. The molecule has 1 amide bonds. The van der Waals surface area contributed by atoms with Crippen LogP contribution in [0.4, 0.5) is 0 Å². The highest BCUT2D eigenvalue weighted by molar-refractivity contribution is 5.80. The normalized spacial score (nSPS) is 23.8. The number of hydrogen-bond donors (Lipinski definition) is 2. The number of aryl methyl sites for hydroxylation is 1. The van der Waals surface area contributed by atoms with Crippen LogP contribution >= 0.6 is 0 Å². The van der Waals surface area contributed by atoms with Gasteiger partial charge in [0.05, 0.1) is 18.7 Å². The third kappa shape index (κ3) is 5.78. The van der Waals surface area contributed by atoms with Crippen LogP contribution in [0.15, 0.2) is 6.20 Å². The molecule has 1 aromatic heterocycles. The number of nitrogens with zero attached hydrogens (tertiary/aromatic N) is 4. The Morgan fingerprint density at radius 3 is 2.70 bits per heavy atom. The number of rotatable bonds is 12. The van der Waals surface area contributed by atoms with Crippen molar-refractivity contribution < 1.29 is 24.5 Å². The predicted octanol–water partition coefficient (Wildman–Crippen LogP) is 1.79. The molecule has 2 N–H and O–H groups in total. The van der Waals surface area contributed by atoms with Crippen LogP contribution in [0.1, 0.15) is 64.5 Å². The number of carboxylic acids is 1. The molecule has 0 saturated heterocycles. The van der Waals surface area contributed by atoms with E-state index < -0.39 is 11.6 Å². The summed E-state index contributed by atoms with van der Waals surface area (Å²) >= 11 is 0. The van der Waals surface area contributed by atoms with Crippen molar-refractivity contribution in [3.63, 3.8) is 0 Å². The standard InChI is InChI=1S/C21H34N4O5/c1-15(2)13-24(9-7-19(26)27)20(28)16-11-21(29,12-16)18-14-25(23-22-18)8-4-10-30-17-5-3-6-17/h14-17,29H,3-13H2,1-2H3,(H,26,27). The molecule has 0 aliphatic heterocycles. The number of carbonyl (C=O) groups excluding carboxylic acids is 1. The molecule has 2 fully saturated rings. The molecule has 168 valence electrons. The molecule has 9 heteroatoms. The Morgan fingerprint density at radius 2 is 2.10 bits per heavy atom. The highest BCUT2D eigenvalue weighted by Gasteiger charge is 2.50. The van der Waals surface area contributed by atoms with Crippen LogP contribution < -0.4 is 0 Å². The molecule has 0 spiro atoms. The van der Waals surface area contributed by atoms with Gasteiger partial charge in [0.25, 0.3) is 0 Å². The first-order valence-electron chi connectivity index (χ1n) is 11.0. The lowest BCUT2D eigenvalue weighted by Gasteiger charge is -2.43. The van der Waals surface area contributed by atoms with Crippen LogP contribution in [0.2, 0.25) is 0 Å². The van der Waals surface area contributed by atoms with Crippen molar-refractivity contribution in [2.24, 2.45) is 11.8 Å². The fraction of sp³-hybridized carbons (Fsp3) is 0.810.